The van der Waals surface area contributed by atoms with Crippen molar-refractivity contribution >= 4 is 44.8 Å². The van der Waals surface area contributed by atoms with Crippen LogP contribution in [-0.2, 0) is 6.42 Å². The molecular formula is C9H11BrOS2. The SMILES string of the molecule is CCc1cc(C(=O)CBr)c(SC)s1. The Kier molecular flexibility index (Phi) is 4.49. The van der Waals surface area contributed by atoms with Gasteiger partial charge in [0.15, 0.2) is 5.78 Å². The highest BCUT2D eigenvalue weighted by atomic mass is 79.9. The molecule has 0 saturated heterocycles. The van der Waals surface area contributed by atoms with E-state index in [1.165, 1.54) is 4.88 Å². The molecule has 1 aromatic heterocycles. The Morgan fingerprint density at radius 1 is 1.69 bits per heavy atom. The van der Waals surface area contributed by atoms with Crippen LogP contribution in [0.4, 0.5) is 0 Å². The smallest absolute Gasteiger partial charge is 0.175 e. The summed E-state index contributed by atoms with van der Waals surface area (Å²) in [5, 5.41) is 0.417. The van der Waals surface area contributed by atoms with E-state index in [1.54, 1.807) is 23.1 Å². The molecule has 13 heavy (non-hydrogen) atoms. The number of carbonyl (C=O) groups excluding carboxylic acids is 1. The van der Waals surface area contributed by atoms with Crippen LogP contribution in [-0.4, -0.2) is 17.4 Å². The lowest BCUT2D eigenvalue weighted by atomic mass is 10.2. The van der Waals surface area contributed by atoms with Gasteiger partial charge in [0.25, 0.3) is 0 Å². The van der Waals surface area contributed by atoms with Crippen LogP contribution in [0.2, 0.25) is 0 Å². The molecule has 0 N–H and O–H groups in total. The van der Waals surface area contributed by atoms with Gasteiger partial charge in [-0.15, -0.1) is 23.1 Å². The maximum absolute atomic E-state index is 11.5. The van der Waals surface area contributed by atoms with Crippen LogP contribution in [0.25, 0.3) is 0 Å². The minimum atomic E-state index is 0.181. The molecule has 0 aliphatic heterocycles. The average molecular weight is 279 g/mol. The molecule has 72 valence electrons. The van der Waals surface area contributed by atoms with Crippen LogP contribution in [0.1, 0.15) is 22.2 Å². The first-order valence-corrected chi connectivity index (χ1v) is 7.15. The summed E-state index contributed by atoms with van der Waals surface area (Å²) in [6.07, 6.45) is 3.02. The van der Waals surface area contributed by atoms with Gasteiger partial charge in [-0.25, -0.2) is 0 Å². The first-order chi connectivity index (χ1) is 6.22. The Labute approximate surface area is 95.0 Å². The van der Waals surface area contributed by atoms with E-state index in [2.05, 4.69) is 22.9 Å². The summed E-state index contributed by atoms with van der Waals surface area (Å²) in [6, 6.07) is 2.01. The van der Waals surface area contributed by atoms with Crippen molar-refractivity contribution in [2.45, 2.75) is 17.6 Å². The minimum Gasteiger partial charge on any atom is -0.293 e. The summed E-state index contributed by atoms with van der Waals surface area (Å²) in [5.41, 5.74) is 0.881. The number of aryl methyl sites for hydroxylation is 1. The summed E-state index contributed by atoms with van der Waals surface area (Å²) in [6.45, 7) is 2.11. The van der Waals surface area contributed by atoms with Gasteiger partial charge < -0.3 is 0 Å². The van der Waals surface area contributed by atoms with Crippen molar-refractivity contribution in [1.82, 2.24) is 0 Å². The Morgan fingerprint density at radius 2 is 2.38 bits per heavy atom. The Balaban J connectivity index is 3.03. The third-order valence-electron chi connectivity index (χ3n) is 1.70. The predicted molar refractivity (Wildman–Crippen MR) is 63.6 cm³/mol. The van der Waals surface area contributed by atoms with Crippen LogP contribution in [0.5, 0.6) is 0 Å². The first-order valence-electron chi connectivity index (χ1n) is 3.98. The molecule has 0 fully saturated rings. The fourth-order valence-corrected chi connectivity index (χ4v) is 3.21. The van der Waals surface area contributed by atoms with Gasteiger partial charge in [0.05, 0.1) is 9.54 Å². The number of carbonyl (C=O) groups is 1. The number of rotatable bonds is 4. The number of hydrogen-bond acceptors (Lipinski definition) is 3. The van der Waals surface area contributed by atoms with E-state index >= 15 is 0 Å². The lowest BCUT2D eigenvalue weighted by Gasteiger charge is -1.94. The zero-order chi connectivity index (χ0) is 9.84. The number of halogens is 1. The van der Waals surface area contributed by atoms with Crippen molar-refractivity contribution in [2.24, 2.45) is 0 Å². The second kappa shape index (κ2) is 5.17. The van der Waals surface area contributed by atoms with Crippen molar-refractivity contribution in [3.63, 3.8) is 0 Å². The van der Waals surface area contributed by atoms with E-state index in [4.69, 9.17) is 0 Å². The van der Waals surface area contributed by atoms with Crippen LogP contribution in [0, 0.1) is 0 Å². The molecule has 0 unspecified atom stereocenters. The second-order valence-electron chi connectivity index (χ2n) is 2.53. The van der Waals surface area contributed by atoms with Gasteiger partial charge in [0.1, 0.15) is 0 Å². The summed E-state index contributed by atoms with van der Waals surface area (Å²) in [5.74, 6) is 0.181. The standard InChI is InChI=1S/C9H11BrOS2/c1-3-6-4-7(8(11)5-10)9(12-2)13-6/h4H,3,5H2,1-2H3. The lowest BCUT2D eigenvalue weighted by molar-refractivity contribution is 0.102. The van der Waals surface area contributed by atoms with E-state index in [1.807, 2.05) is 12.3 Å². The summed E-state index contributed by atoms with van der Waals surface area (Å²) < 4.78 is 1.14. The molecule has 0 bridgehead atoms. The number of alkyl halides is 1. The van der Waals surface area contributed by atoms with Crippen LogP contribution < -0.4 is 0 Å². The molecule has 0 saturated carbocycles. The van der Waals surface area contributed by atoms with Crippen molar-refractivity contribution in [2.75, 3.05) is 11.6 Å². The van der Waals surface area contributed by atoms with E-state index in [9.17, 15) is 4.79 Å². The van der Waals surface area contributed by atoms with Gasteiger partial charge in [0, 0.05) is 10.4 Å². The van der Waals surface area contributed by atoms with Gasteiger partial charge >= 0.3 is 0 Å². The van der Waals surface area contributed by atoms with Gasteiger partial charge in [0.2, 0.25) is 0 Å². The molecule has 1 rings (SSSR count). The van der Waals surface area contributed by atoms with Gasteiger partial charge in [-0.2, -0.15) is 0 Å². The Morgan fingerprint density at radius 3 is 2.85 bits per heavy atom. The topological polar surface area (TPSA) is 17.1 Å². The molecule has 1 nitrogen and oxygen atoms in total. The van der Waals surface area contributed by atoms with Crippen molar-refractivity contribution in [3.05, 3.63) is 16.5 Å². The van der Waals surface area contributed by atoms with E-state index in [-0.39, 0.29) is 5.78 Å². The van der Waals surface area contributed by atoms with Crippen LogP contribution in [0.3, 0.4) is 0 Å². The molecular weight excluding hydrogens is 268 g/mol. The number of hydrogen-bond donors (Lipinski definition) is 0. The summed E-state index contributed by atoms with van der Waals surface area (Å²) in [7, 11) is 0. The van der Waals surface area contributed by atoms with Crippen molar-refractivity contribution in [3.8, 4) is 0 Å². The summed E-state index contributed by atoms with van der Waals surface area (Å²) >= 11 is 6.57. The molecule has 4 heteroatoms. The molecule has 1 heterocycles. The summed E-state index contributed by atoms with van der Waals surface area (Å²) in [4.78, 5) is 12.8. The third kappa shape index (κ3) is 2.58. The molecule has 0 spiro atoms. The number of thiophene rings is 1. The van der Waals surface area contributed by atoms with Gasteiger partial charge in [-0.05, 0) is 18.7 Å². The maximum Gasteiger partial charge on any atom is 0.175 e. The molecule has 0 aliphatic carbocycles. The highest BCUT2D eigenvalue weighted by Crippen LogP contribution is 2.31. The molecule has 0 amide bonds. The van der Waals surface area contributed by atoms with Gasteiger partial charge in [-0.1, -0.05) is 22.9 Å². The fourth-order valence-electron chi connectivity index (χ4n) is 1.02. The average Bonchev–Trinajstić information content (AvgIpc) is 2.59. The van der Waals surface area contributed by atoms with E-state index in [0.717, 1.165) is 16.2 Å². The Hall–Kier alpha value is 0.200. The quantitative estimate of drug-likeness (QED) is 0.476. The molecule has 1 aromatic rings. The molecule has 0 aliphatic rings. The van der Waals surface area contributed by atoms with E-state index in [0.29, 0.717) is 5.33 Å². The fraction of sp³-hybridized carbons (Fsp3) is 0.444. The highest BCUT2D eigenvalue weighted by molar-refractivity contribution is 9.09. The number of ketones is 1. The van der Waals surface area contributed by atoms with Crippen molar-refractivity contribution < 1.29 is 4.79 Å². The number of Topliss-reactive ketones (excluding diaryl/α,β-unsaturated/α-hetero) is 1. The van der Waals surface area contributed by atoms with Crippen molar-refractivity contribution in [1.29, 1.82) is 0 Å². The van der Waals surface area contributed by atoms with Crippen LogP contribution >= 0.6 is 39.0 Å². The number of thioether (sulfide) groups is 1. The normalized spacial score (nSPS) is 10.4. The first kappa shape index (κ1) is 11.3. The van der Waals surface area contributed by atoms with Gasteiger partial charge in [-0.3, -0.25) is 4.79 Å². The maximum atomic E-state index is 11.5. The second-order valence-corrected chi connectivity index (χ2v) is 5.30. The Bertz CT molecular complexity index is 307. The minimum absolute atomic E-state index is 0.181. The highest BCUT2D eigenvalue weighted by Gasteiger charge is 2.13. The third-order valence-corrected chi connectivity index (χ3v) is 4.63. The largest absolute Gasteiger partial charge is 0.293 e. The lowest BCUT2D eigenvalue weighted by Crippen LogP contribution is -1.98. The zero-order valence-corrected chi connectivity index (χ0v) is 10.8. The zero-order valence-electron chi connectivity index (χ0n) is 7.59. The monoisotopic (exact) mass is 278 g/mol. The predicted octanol–water partition coefficient (Wildman–Crippen LogP) is 3.61. The van der Waals surface area contributed by atoms with E-state index < -0.39 is 0 Å². The molecule has 0 radical (unpaired) electrons. The molecule has 0 aromatic carbocycles. The molecule has 0 atom stereocenters. The van der Waals surface area contributed by atoms with Crippen LogP contribution in [0.15, 0.2) is 10.3 Å².